The Hall–Kier alpha value is -13.8. The van der Waals surface area contributed by atoms with Crippen LogP contribution in [0.25, 0.3) is 188 Å². The van der Waals surface area contributed by atoms with Gasteiger partial charge in [-0.25, -0.2) is 0 Å². The summed E-state index contributed by atoms with van der Waals surface area (Å²) in [5.41, 5.74) is 28.8. The molecule has 0 radical (unpaired) electrons. The smallest absolute Gasteiger partial charge is 0.0541 e. The van der Waals surface area contributed by atoms with Crippen LogP contribution in [0.5, 0.6) is 0 Å². The Morgan fingerprint density at radius 2 is 0.385 bits per heavy atom. The predicted octanol–water partition coefficient (Wildman–Crippen LogP) is 26.9. The van der Waals surface area contributed by atoms with E-state index in [1.165, 1.54) is 170 Å². The lowest BCUT2D eigenvalue weighted by Gasteiger charge is -2.14. The van der Waals surface area contributed by atoms with Crippen molar-refractivity contribution in [1.29, 1.82) is 0 Å². The predicted molar refractivity (Wildman–Crippen MR) is 440 cm³/mol. The molecule has 104 heavy (non-hydrogen) atoms. The van der Waals surface area contributed by atoms with E-state index in [0.29, 0.717) is 0 Å². The molecule has 4 heteroatoms. The summed E-state index contributed by atoms with van der Waals surface area (Å²) in [7, 11) is 0. The quantitative estimate of drug-likeness (QED) is 0.130. The molecule has 4 heterocycles. The normalized spacial score (nSPS) is 11.7. The number of rotatable bonds is 10. The van der Waals surface area contributed by atoms with Crippen molar-refractivity contribution in [3.05, 3.63) is 400 Å². The number of fused-ring (bicyclic) bond motifs is 13. The lowest BCUT2D eigenvalue weighted by molar-refractivity contribution is 1.18. The van der Waals surface area contributed by atoms with E-state index in [0.717, 1.165) is 17.1 Å². The Morgan fingerprint density at radius 1 is 0.125 bits per heavy atom. The van der Waals surface area contributed by atoms with Gasteiger partial charge in [-0.3, -0.25) is 0 Å². The van der Waals surface area contributed by atoms with E-state index >= 15 is 0 Å². The van der Waals surface area contributed by atoms with Gasteiger partial charge in [0.15, 0.2) is 0 Å². The first-order valence-electron chi connectivity index (χ1n) is 35.8. The Kier molecular flexibility index (Phi) is 14.5. The number of hydrogen-bond donors (Lipinski definition) is 0. The number of nitrogens with zero attached hydrogens (tertiary/aromatic N) is 4. The van der Waals surface area contributed by atoms with Gasteiger partial charge < -0.3 is 18.3 Å². The number of hydrogen-bond acceptors (Lipinski definition) is 0. The molecule has 0 amide bonds. The third-order valence-corrected chi connectivity index (χ3v) is 21.2. The van der Waals surface area contributed by atoms with Crippen molar-refractivity contribution in [1.82, 2.24) is 18.3 Å². The van der Waals surface area contributed by atoms with Crippen molar-refractivity contribution in [3.8, 4) is 89.5 Å². The van der Waals surface area contributed by atoms with Crippen LogP contribution in [0.2, 0.25) is 0 Å². The van der Waals surface area contributed by atoms with Gasteiger partial charge in [-0.2, -0.15) is 0 Å². The molecule has 0 atom stereocenters. The van der Waals surface area contributed by atoms with Gasteiger partial charge in [-0.15, -0.1) is 0 Å². The second kappa shape index (κ2) is 25.1. The fourth-order valence-corrected chi connectivity index (χ4v) is 16.4. The summed E-state index contributed by atoms with van der Waals surface area (Å²) >= 11 is 0. The highest BCUT2D eigenvalue weighted by Gasteiger charge is 2.21. The summed E-state index contributed by atoms with van der Waals surface area (Å²) in [6, 6.07) is 146. The van der Waals surface area contributed by atoms with Gasteiger partial charge in [0.05, 0.1) is 49.8 Å². The second-order valence-corrected chi connectivity index (χ2v) is 27.2. The van der Waals surface area contributed by atoms with Gasteiger partial charge >= 0.3 is 0 Å². The van der Waals surface area contributed by atoms with Gasteiger partial charge in [0.1, 0.15) is 0 Å². The lowest BCUT2D eigenvalue weighted by atomic mass is 9.98. The maximum Gasteiger partial charge on any atom is 0.0541 e. The van der Waals surface area contributed by atoms with Crippen LogP contribution in [-0.2, 0) is 0 Å². The fourth-order valence-electron chi connectivity index (χ4n) is 16.4. The van der Waals surface area contributed by atoms with Gasteiger partial charge in [-0.05, 0) is 193 Å². The fraction of sp³-hybridized carbons (Fsp3) is 0. The molecule has 0 saturated heterocycles. The van der Waals surface area contributed by atoms with Crippen LogP contribution >= 0.6 is 0 Å². The Labute approximate surface area is 602 Å². The molecule has 0 aliphatic heterocycles. The molecule has 0 saturated carbocycles. The van der Waals surface area contributed by atoms with Crippen molar-refractivity contribution in [2.24, 2.45) is 0 Å². The molecule has 0 unspecified atom stereocenters. The molecule has 0 aliphatic carbocycles. The average Bonchev–Trinajstić information content (AvgIpc) is 1.60. The molecule has 4 nitrogen and oxygen atoms in total. The number of aromatic nitrogens is 4. The monoisotopic (exact) mass is 1320 g/mol. The molecule has 17 aromatic carbocycles. The SMILES string of the molecule is c1ccc(-c2cccc(-n3c4ccccc4c4cc(-c5ccc6c(c5)c5ccccc5n6-c5cc(-c6ccccc6)cc(-c6ccccc6)c5)ccc43)c2)cc1.c1ccc(-c2cccc(-n3c4ccccc4c4cc(-c5ccc6c(c5)c5ccccc5n6-c5cccc6ccccc56)ccc43)c2)cc1. The van der Waals surface area contributed by atoms with Crippen molar-refractivity contribution < 1.29 is 0 Å². The minimum absolute atomic E-state index is 1.15. The second-order valence-electron chi connectivity index (χ2n) is 27.2. The molecule has 0 bridgehead atoms. The first-order chi connectivity index (χ1) is 51.6. The van der Waals surface area contributed by atoms with Crippen LogP contribution in [0.1, 0.15) is 0 Å². The summed E-state index contributed by atoms with van der Waals surface area (Å²) in [4.78, 5) is 0. The topological polar surface area (TPSA) is 19.7 Å². The zero-order valence-corrected chi connectivity index (χ0v) is 56.9. The van der Waals surface area contributed by atoms with E-state index < -0.39 is 0 Å². The minimum atomic E-state index is 1.15. The highest BCUT2D eigenvalue weighted by Crippen LogP contribution is 2.43. The summed E-state index contributed by atoms with van der Waals surface area (Å²) in [5, 5.41) is 12.5. The maximum atomic E-state index is 2.44. The van der Waals surface area contributed by atoms with Crippen molar-refractivity contribution in [2.45, 2.75) is 0 Å². The Balaban J connectivity index is 0.000000140. The van der Waals surface area contributed by atoms with Crippen LogP contribution in [-0.4, -0.2) is 18.3 Å². The van der Waals surface area contributed by atoms with E-state index in [-0.39, 0.29) is 0 Å². The van der Waals surface area contributed by atoms with Crippen LogP contribution in [0, 0.1) is 0 Å². The first kappa shape index (κ1) is 60.2. The van der Waals surface area contributed by atoms with Gasteiger partial charge in [0.2, 0.25) is 0 Å². The standard InChI is InChI=1S/C54H36N2.C46H30N2/c1-4-15-37(16-5-1)40-21-14-22-45(32-40)55-51-25-12-10-23-47(51)49-35-41(27-29-53(49)55)42-28-30-54-50(36-42)48-24-11-13-26-52(48)56(54)46-33-43(38-17-6-2-7-18-38)31-44(34-46)39-19-8-3-9-20-39;1-2-12-31(13-3-1)33-16-10-17-36(28-33)47-43-21-8-6-19-38(43)40-29-34(24-26-45(40)47)35-25-27-46-41(30-35)39-20-7-9-22-44(39)48(46)42-23-11-15-32-14-4-5-18-37(32)42/h1-36H;1-30H. The molecule has 0 N–H and O–H groups in total. The first-order valence-corrected chi connectivity index (χ1v) is 35.8. The van der Waals surface area contributed by atoms with E-state index in [4.69, 9.17) is 0 Å². The van der Waals surface area contributed by atoms with Crippen LogP contribution < -0.4 is 0 Å². The molecule has 0 spiro atoms. The van der Waals surface area contributed by atoms with Gasteiger partial charge in [0, 0.05) is 65.5 Å². The molecule has 0 aliphatic rings. The zero-order chi connectivity index (χ0) is 68.6. The highest BCUT2D eigenvalue weighted by molar-refractivity contribution is 6.15. The lowest BCUT2D eigenvalue weighted by Crippen LogP contribution is -1.96. The van der Waals surface area contributed by atoms with E-state index in [1.54, 1.807) is 0 Å². The van der Waals surface area contributed by atoms with Crippen LogP contribution in [0.4, 0.5) is 0 Å². The minimum Gasteiger partial charge on any atom is -0.309 e. The molecule has 4 aromatic heterocycles. The summed E-state index contributed by atoms with van der Waals surface area (Å²) in [6.07, 6.45) is 0. The summed E-state index contributed by atoms with van der Waals surface area (Å²) in [5.74, 6) is 0. The van der Waals surface area contributed by atoms with Crippen molar-refractivity contribution >= 4 is 98.0 Å². The zero-order valence-electron chi connectivity index (χ0n) is 56.9. The molecule has 21 aromatic rings. The van der Waals surface area contributed by atoms with Gasteiger partial charge in [-0.1, -0.05) is 279 Å². The Morgan fingerprint density at radius 3 is 0.779 bits per heavy atom. The molecule has 486 valence electrons. The number of para-hydroxylation sites is 4. The number of benzene rings is 17. The van der Waals surface area contributed by atoms with Crippen molar-refractivity contribution in [2.75, 3.05) is 0 Å². The van der Waals surface area contributed by atoms with Gasteiger partial charge in [0.25, 0.3) is 0 Å². The molecular formula is C100H66N4. The summed E-state index contributed by atoms with van der Waals surface area (Å²) in [6.45, 7) is 0. The molecular weight excluding hydrogens is 1260 g/mol. The molecule has 21 rings (SSSR count). The third-order valence-electron chi connectivity index (χ3n) is 21.2. The maximum absolute atomic E-state index is 2.44. The largest absolute Gasteiger partial charge is 0.309 e. The Bertz CT molecular complexity index is 6830. The summed E-state index contributed by atoms with van der Waals surface area (Å²) < 4.78 is 9.68. The molecule has 0 fully saturated rings. The van der Waals surface area contributed by atoms with E-state index in [1.807, 2.05) is 0 Å². The highest BCUT2D eigenvalue weighted by atomic mass is 15.0. The van der Waals surface area contributed by atoms with E-state index in [9.17, 15) is 0 Å². The average molecular weight is 1320 g/mol. The third kappa shape index (κ3) is 10.3. The van der Waals surface area contributed by atoms with E-state index in [2.05, 4.69) is 419 Å². The van der Waals surface area contributed by atoms with Crippen molar-refractivity contribution in [3.63, 3.8) is 0 Å². The van der Waals surface area contributed by atoms with Crippen LogP contribution in [0.15, 0.2) is 400 Å². The van der Waals surface area contributed by atoms with Crippen LogP contribution in [0.3, 0.4) is 0 Å².